The van der Waals surface area contributed by atoms with Crippen LogP contribution in [0, 0.1) is 0 Å². The van der Waals surface area contributed by atoms with Gasteiger partial charge < -0.3 is 10.6 Å². The Morgan fingerprint density at radius 3 is 3.00 bits per heavy atom. The molecule has 0 aromatic carbocycles. The molecule has 0 amide bonds. The highest BCUT2D eigenvalue weighted by atomic mass is 15.1. The second-order valence-electron chi connectivity index (χ2n) is 3.65. The van der Waals surface area contributed by atoms with Crippen molar-refractivity contribution in [1.82, 2.24) is 4.98 Å². The highest BCUT2D eigenvalue weighted by Crippen LogP contribution is 2.23. The summed E-state index contributed by atoms with van der Waals surface area (Å²) in [5, 5.41) is 0. The molecule has 0 unspecified atom stereocenters. The molecule has 3 heteroatoms. The normalized spacial score (nSPS) is 16.6. The molecule has 1 aromatic heterocycles. The van der Waals surface area contributed by atoms with Gasteiger partial charge in [0, 0.05) is 19.3 Å². The van der Waals surface area contributed by atoms with Gasteiger partial charge in [0.2, 0.25) is 0 Å². The van der Waals surface area contributed by atoms with Crippen LogP contribution in [0.4, 0.5) is 11.5 Å². The minimum Gasteiger partial charge on any atom is -0.382 e. The van der Waals surface area contributed by atoms with E-state index in [-0.39, 0.29) is 0 Å². The summed E-state index contributed by atoms with van der Waals surface area (Å²) in [6.45, 7) is 4.16. The largest absolute Gasteiger partial charge is 0.382 e. The van der Waals surface area contributed by atoms with Gasteiger partial charge in [-0.1, -0.05) is 11.6 Å². The van der Waals surface area contributed by atoms with Crippen LogP contribution in [0.25, 0.3) is 0 Å². The zero-order chi connectivity index (χ0) is 9.97. The van der Waals surface area contributed by atoms with E-state index in [2.05, 4.69) is 22.9 Å². The van der Waals surface area contributed by atoms with Crippen LogP contribution in [-0.4, -0.2) is 18.1 Å². The Kier molecular flexibility index (Phi) is 2.39. The standard InChI is InChI=1S/C11H15N3/c1-9-4-7-14(8-5-9)10-3-2-6-13-11(10)12/h2-4,6H,5,7-8H2,1H3,(H2,12,13). The molecular weight excluding hydrogens is 174 g/mol. The summed E-state index contributed by atoms with van der Waals surface area (Å²) in [5.41, 5.74) is 8.33. The van der Waals surface area contributed by atoms with Gasteiger partial charge in [-0.3, -0.25) is 0 Å². The van der Waals surface area contributed by atoms with E-state index in [1.54, 1.807) is 6.20 Å². The summed E-state index contributed by atoms with van der Waals surface area (Å²) in [5.74, 6) is 0.625. The summed E-state index contributed by atoms with van der Waals surface area (Å²) >= 11 is 0. The Hall–Kier alpha value is -1.51. The number of hydrogen-bond donors (Lipinski definition) is 1. The maximum Gasteiger partial charge on any atom is 0.146 e. The predicted molar refractivity (Wildman–Crippen MR) is 59.2 cm³/mol. The van der Waals surface area contributed by atoms with Crippen LogP contribution < -0.4 is 10.6 Å². The first-order chi connectivity index (χ1) is 6.77. The van der Waals surface area contributed by atoms with Gasteiger partial charge in [0.05, 0.1) is 5.69 Å². The molecule has 1 aromatic rings. The van der Waals surface area contributed by atoms with E-state index in [0.29, 0.717) is 5.82 Å². The Balaban J connectivity index is 2.21. The van der Waals surface area contributed by atoms with Gasteiger partial charge in [-0.15, -0.1) is 0 Å². The molecule has 2 heterocycles. The lowest BCUT2D eigenvalue weighted by Crippen LogP contribution is -2.28. The molecule has 0 bridgehead atoms. The van der Waals surface area contributed by atoms with Crippen LogP contribution >= 0.6 is 0 Å². The number of anilines is 2. The van der Waals surface area contributed by atoms with Crippen molar-refractivity contribution in [3.63, 3.8) is 0 Å². The molecule has 0 fully saturated rings. The highest BCUT2D eigenvalue weighted by molar-refractivity contribution is 5.63. The SMILES string of the molecule is CC1=CCN(c2cccnc2N)CC1. The first-order valence-electron chi connectivity index (χ1n) is 4.88. The van der Waals surface area contributed by atoms with E-state index in [0.717, 1.165) is 25.2 Å². The average molecular weight is 189 g/mol. The van der Waals surface area contributed by atoms with Crippen molar-refractivity contribution in [2.45, 2.75) is 13.3 Å². The molecule has 74 valence electrons. The van der Waals surface area contributed by atoms with Gasteiger partial charge in [0.15, 0.2) is 0 Å². The van der Waals surface area contributed by atoms with Crippen molar-refractivity contribution in [2.75, 3.05) is 23.7 Å². The van der Waals surface area contributed by atoms with E-state index in [1.165, 1.54) is 5.57 Å². The molecule has 1 aliphatic rings. The summed E-state index contributed by atoms with van der Waals surface area (Å²) in [7, 11) is 0. The molecule has 0 radical (unpaired) electrons. The fourth-order valence-electron chi connectivity index (χ4n) is 1.67. The molecule has 0 aliphatic carbocycles. The number of nitrogen functional groups attached to an aromatic ring is 1. The topological polar surface area (TPSA) is 42.2 Å². The molecule has 14 heavy (non-hydrogen) atoms. The lowest BCUT2D eigenvalue weighted by Gasteiger charge is -2.27. The molecule has 0 atom stereocenters. The third-order valence-corrected chi connectivity index (χ3v) is 2.59. The van der Waals surface area contributed by atoms with E-state index < -0.39 is 0 Å². The summed E-state index contributed by atoms with van der Waals surface area (Å²) in [6.07, 6.45) is 5.09. The zero-order valence-electron chi connectivity index (χ0n) is 8.40. The fraction of sp³-hybridized carbons (Fsp3) is 0.364. The third-order valence-electron chi connectivity index (χ3n) is 2.59. The maximum absolute atomic E-state index is 5.81. The van der Waals surface area contributed by atoms with Crippen molar-refractivity contribution in [3.05, 3.63) is 30.0 Å². The maximum atomic E-state index is 5.81. The summed E-state index contributed by atoms with van der Waals surface area (Å²) < 4.78 is 0. The molecule has 1 aliphatic heterocycles. The van der Waals surface area contributed by atoms with Crippen molar-refractivity contribution >= 4 is 11.5 Å². The molecule has 0 spiro atoms. The van der Waals surface area contributed by atoms with Crippen LogP contribution in [0.3, 0.4) is 0 Å². The number of aromatic nitrogens is 1. The Bertz CT molecular complexity index is 357. The predicted octanol–water partition coefficient (Wildman–Crippen LogP) is 1.82. The van der Waals surface area contributed by atoms with Crippen LogP contribution in [0.1, 0.15) is 13.3 Å². The lowest BCUT2D eigenvalue weighted by molar-refractivity contribution is 0.787. The van der Waals surface area contributed by atoms with Crippen LogP contribution in [-0.2, 0) is 0 Å². The monoisotopic (exact) mass is 189 g/mol. The Morgan fingerprint density at radius 2 is 2.36 bits per heavy atom. The van der Waals surface area contributed by atoms with E-state index in [4.69, 9.17) is 5.73 Å². The molecular formula is C11H15N3. The Morgan fingerprint density at radius 1 is 1.50 bits per heavy atom. The number of pyridine rings is 1. The zero-order valence-corrected chi connectivity index (χ0v) is 8.40. The molecule has 0 saturated heterocycles. The quantitative estimate of drug-likeness (QED) is 0.685. The van der Waals surface area contributed by atoms with Gasteiger partial charge >= 0.3 is 0 Å². The second-order valence-corrected chi connectivity index (χ2v) is 3.65. The fourth-order valence-corrected chi connectivity index (χ4v) is 1.67. The Labute approximate surface area is 84.2 Å². The smallest absolute Gasteiger partial charge is 0.146 e. The van der Waals surface area contributed by atoms with Crippen LogP contribution in [0.15, 0.2) is 30.0 Å². The minimum atomic E-state index is 0.625. The molecule has 2 N–H and O–H groups in total. The molecule has 3 nitrogen and oxygen atoms in total. The number of nitrogens with zero attached hydrogens (tertiary/aromatic N) is 2. The lowest BCUT2D eigenvalue weighted by atomic mass is 10.1. The first kappa shape index (κ1) is 9.06. The van der Waals surface area contributed by atoms with Crippen LogP contribution in [0.2, 0.25) is 0 Å². The molecule has 0 saturated carbocycles. The number of rotatable bonds is 1. The average Bonchev–Trinajstić information content (AvgIpc) is 2.20. The number of hydrogen-bond acceptors (Lipinski definition) is 3. The third kappa shape index (κ3) is 1.71. The van der Waals surface area contributed by atoms with E-state index in [1.807, 2.05) is 12.1 Å². The highest BCUT2D eigenvalue weighted by Gasteiger charge is 2.12. The van der Waals surface area contributed by atoms with Gasteiger partial charge in [0.1, 0.15) is 5.82 Å². The van der Waals surface area contributed by atoms with Crippen molar-refractivity contribution in [2.24, 2.45) is 0 Å². The van der Waals surface area contributed by atoms with Crippen molar-refractivity contribution in [1.29, 1.82) is 0 Å². The van der Waals surface area contributed by atoms with Crippen molar-refractivity contribution < 1.29 is 0 Å². The summed E-state index contributed by atoms with van der Waals surface area (Å²) in [6, 6.07) is 3.95. The first-order valence-corrected chi connectivity index (χ1v) is 4.88. The second kappa shape index (κ2) is 3.70. The summed E-state index contributed by atoms with van der Waals surface area (Å²) in [4.78, 5) is 6.35. The number of nitrogens with two attached hydrogens (primary N) is 1. The van der Waals surface area contributed by atoms with Gasteiger partial charge in [-0.05, 0) is 25.5 Å². The van der Waals surface area contributed by atoms with E-state index in [9.17, 15) is 0 Å². The van der Waals surface area contributed by atoms with Gasteiger partial charge in [-0.2, -0.15) is 0 Å². The van der Waals surface area contributed by atoms with Gasteiger partial charge in [-0.25, -0.2) is 4.98 Å². The minimum absolute atomic E-state index is 0.625. The molecule has 2 rings (SSSR count). The van der Waals surface area contributed by atoms with E-state index >= 15 is 0 Å². The van der Waals surface area contributed by atoms with Crippen LogP contribution in [0.5, 0.6) is 0 Å². The van der Waals surface area contributed by atoms with Gasteiger partial charge in [0.25, 0.3) is 0 Å². The van der Waals surface area contributed by atoms with Crippen molar-refractivity contribution in [3.8, 4) is 0 Å².